The predicted molar refractivity (Wildman–Crippen MR) is 116 cm³/mol. The van der Waals surface area contributed by atoms with Crippen LogP contribution in [0, 0.1) is 17.6 Å². The summed E-state index contributed by atoms with van der Waals surface area (Å²) < 4.78 is 32.3. The van der Waals surface area contributed by atoms with Gasteiger partial charge >= 0.3 is 0 Å². The monoisotopic (exact) mass is 421 g/mol. The van der Waals surface area contributed by atoms with E-state index in [4.69, 9.17) is 4.74 Å². The van der Waals surface area contributed by atoms with Crippen LogP contribution in [-0.4, -0.2) is 30.9 Å². The quantitative estimate of drug-likeness (QED) is 0.548. The van der Waals surface area contributed by atoms with E-state index in [2.05, 4.69) is 4.90 Å². The zero-order valence-corrected chi connectivity index (χ0v) is 17.4. The summed E-state index contributed by atoms with van der Waals surface area (Å²) in [5.41, 5.74) is 2.87. The molecule has 1 heterocycles. The number of nitrogens with zero attached hydrogens (tertiary/aromatic N) is 1. The van der Waals surface area contributed by atoms with E-state index in [0.717, 1.165) is 29.0 Å². The van der Waals surface area contributed by atoms with Gasteiger partial charge in [0.1, 0.15) is 23.2 Å². The molecule has 1 atom stereocenters. The number of carbonyl (C=O) groups excluding carboxylic acids is 1. The Hall–Kier alpha value is -3.05. The lowest BCUT2D eigenvalue weighted by Gasteiger charge is -2.36. The van der Waals surface area contributed by atoms with Crippen molar-refractivity contribution in [1.29, 1.82) is 0 Å². The SMILES string of the molecule is COc1ccc(CN2CCC(=O)C(C(c3ccc(F)cc3)c3ccc(F)cc3)C2)cc1. The molecular formula is C26H25F2NO2. The van der Waals surface area contributed by atoms with Crippen molar-refractivity contribution in [1.82, 2.24) is 4.90 Å². The Labute approximate surface area is 181 Å². The molecule has 1 saturated heterocycles. The minimum atomic E-state index is -0.322. The molecule has 160 valence electrons. The summed E-state index contributed by atoms with van der Waals surface area (Å²) in [7, 11) is 1.64. The fourth-order valence-electron chi connectivity index (χ4n) is 4.35. The van der Waals surface area contributed by atoms with E-state index >= 15 is 0 Å². The van der Waals surface area contributed by atoms with E-state index in [1.807, 2.05) is 24.3 Å². The summed E-state index contributed by atoms with van der Waals surface area (Å²) in [5, 5.41) is 0. The highest BCUT2D eigenvalue weighted by Crippen LogP contribution is 2.36. The van der Waals surface area contributed by atoms with Gasteiger partial charge in [0.25, 0.3) is 0 Å². The van der Waals surface area contributed by atoms with Gasteiger partial charge < -0.3 is 4.74 Å². The second-order valence-electron chi connectivity index (χ2n) is 7.99. The molecule has 4 rings (SSSR count). The second-order valence-corrected chi connectivity index (χ2v) is 7.99. The van der Waals surface area contributed by atoms with Gasteiger partial charge in [-0.2, -0.15) is 0 Å². The largest absolute Gasteiger partial charge is 0.497 e. The molecule has 0 aromatic heterocycles. The number of Topliss-reactive ketones (excluding diaryl/α,β-unsaturated/α-hetero) is 1. The average molecular weight is 421 g/mol. The van der Waals surface area contributed by atoms with Crippen LogP contribution in [0.15, 0.2) is 72.8 Å². The molecule has 31 heavy (non-hydrogen) atoms. The van der Waals surface area contributed by atoms with E-state index in [9.17, 15) is 13.6 Å². The lowest BCUT2D eigenvalue weighted by atomic mass is 9.76. The van der Waals surface area contributed by atoms with Crippen molar-refractivity contribution < 1.29 is 18.3 Å². The van der Waals surface area contributed by atoms with Gasteiger partial charge in [0.05, 0.1) is 7.11 Å². The predicted octanol–water partition coefficient (Wildman–Crippen LogP) is 5.20. The average Bonchev–Trinajstić information content (AvgIpc) is 2.79. The van der Waals surface area contributed by atoms with Crippen LogP contribution in [0.5, 0.6) is 5.75 Å². The zero-order chi connectivity index (χ0) is 21.8. The lowest BCUT2D eigenvalue weighted by Crippen LogP contribution is -2.43. The van der Waals surface area contributed by atoms with Crippen LogP contribution < -0.4 is 4.74 Å². The third-order valence-corrected chi connectivity index (χ3v) is 5.97. The van der Waals surface area contributed by atoms with E-state index < -0.39 is 0 Å². The first-order valence-corrected chi connectivity index (χ1v) is 10.4. The second kappa shape index (κ2) is 9.40. The van der Waals surface area contributed by atoms with Crippen molar-refractivity contribution in [3.05, 3.63) is 101 Å². The number of rotatable bonds is 6. The molecule has 0 spiro atoms. The topological polar surface area (TPSA) is 29.5 Å². The minimum absolute atomic E-state index is 0.185. The fraction of sp³-hybridized carbons (Fsp3) is 0.269. The first-order chi connectivity index (χ1) is 15.0. The molecule has 3 nitrogen and oxygen atoms in total. The van der Waals surface area contributed by atoms with Crippen molar-refractivity contribution in [3.8, 4) is 5.75 Å². The van der Waals surface area contributed by atoms with Gasteiger partial charge in [0.15, 0.2) is 0 Å². The first kappa shape index (κ1) is 21.2. The Morgan fingerprint density at radius 3 is 1.97 bits per heavy atom. The maximum absolute atomic E-state index is 13.5. The number of hydrogen-bond acceptors (Lipinski definition) is 3. The van der Waals surface area contributed by atoms with Crippen molar-refractivity contribution in [2.75, 3.05) is 20.2 Å². The lowest BCUT2D eigenvalue weighted by molar-refractivity contribution is -0.126. The Morgan fingerprint density at radius 1 is 0.903 bits per heavy atom. The van der Waals surface area contributed by atoms with Gasteiger partial charge in [0.2, 0.25) is 0 Å². The smallest absolute Gasteiger partial charge is 0.139 e. The fourth-order valence-corrected chi connectivity index (χ4v) is 4.35. The number of halogens is 2. The number of likely N-dealkylation sites (tertiary alicyclic amines) is 1. The summed E-state index contributed by atoms with van der Waals surface area (Å²) >= 11 is 0. The molecule has 0 saturated carbocycles. The molecule has 3 aromatic carbocycles. The molecule has 0 amide bonds. The van der Waals surface area contributed by atoms with Crippen LogP contribution in [0.1, 0.15) is 29.0 Å². The summed E-state index contributed by atoms with van der Waals surface area (Å²) in [6.07, 6.45) is 0.458. The number of carbonyl (C=O) groups is 1. The molecule has 0 radical (unpaired) electrons. The Morgan fingerprint density at radius 2 is 1.45 bits per heavy atom. The van der Waals surface area contributed by atoms with Crippen molar-refractivity contribution in [2.45, 2.75) is 18.9 Å². The summed E-state index contributed by atoms with van der Waals surface area (Å²) in [6, 6.07) is 20.5. The highest BCUT2D eigenvalue weighted by atomic mass is 19.1. The van der Waals surface area contributed by atoms with Crippen LogP contribution in [-0.2, 0) is 11.3 Å². The van der Waals surface area contributed by atoms with Gasteiger partial charge in [-0.15, -0.1) is 0 Å². The molecule has 5 heteroatoms. The van der Waals surface area contributed by atoms with Gasteiger partial charge in [-0.05, 0) is 53.1 Å². The van der Waals surface area contributed by atoms with Crippen molar-refractivity contribution in [3.63, 3.8) is 0 Å². The van der Waals surface area contributed by atoms with Crippen molar-refractivity contribution in [2.24, 2.45) is 5.92 Å². The maximum atomic E-state index is 13.5. The van der Waals surface area contributed by atoms with Crippen molar-refractivity contribution >= 4 is 5.78 Å². The van der Waals surface area contributed by atoms with Crippen LogP contribution in [0.2, 0.25) is 0 Å². The highest BCUT2D eigenvalue weighted by Gasteiger charge is 2.35. The molecule has 0 aliphatic carbocycles. The van der Waals surface area contributed by atoms with Gasteiger partial charge in [-0.25, -0.2) is 8.78 Å². The number of piperidine rings is 1. The summed E-state index contributed by atoms with van der Waals surface area (Å²) in [5.74, 6) is -0.196. The van der Waals surface area contributed by atoms with Crippen LogP contribution in [0.3, 0.4) is 0 Å². The Kier molecular flexibility index (Phi) is 6.42. The Balaban J connectivity index is 1.61. The van der Waals surface area contributed by atoms with Crippen LogP contribution in [0.25, 0.3) is 0 Å². The van der Waals surface area contributed by atoms with E-state index in [0.29, 0.717) is 19.5 Å². The molecule has 1 unspecified atom stereocenters. The number of methoxy groups -OCH3 is 1. The standard InChI is InChI=1S/C26H25F2NO2/c1-31-23-12-2-18(3-13-23)16-29-15-14-25(30)24(17-29)26(19-4-8-21(27)9-5-19)20-6-10-22(28)11-7-20/h2-13,24,26H,14-17H2,1H3. The first-order valence-electron chi connectivity index (χ1n) is 10.4. The Bertz CT molecular complexity index is 971. The zero-order valence-electron chi connectivity index (χ0n) is 17.4. The van der Waals surface area contributed by atoms with Crippen LogP contribution in [0.4, 0.5) is 8.78 Å². The number of ketones is 1. The van der Waals surface area contributed by atoms with Gasteiger partial charge in [0, 0.05) is 37.9 Å². The van der Waals surface area contributed by atoms with Crippen LogP contribution >= 0.6 is 0 Å². The van der Waals surface area contributed by atoms with Gasteiger partial charge in [-0.3, -0.25) is 9.69 Å². The molecule has 1 aliphatic rings. The van der Waals surface area contributed by atoms with Gasteiger partial charge in [-0.1, -0.05) is 36.4 Å². The molecular weight excluding hydrogens is 396 g/mol. The maximum Gasteiger partial charge on any atom is 0.139 e. The summed E-state index contributed by atoms with van der Waals surface area (Å²) in [6.45, 7) is 2.01. The third-order valence-electron chi connectivity index (χ3n) is 5.97. The number of benzene rings is 3. The van der Waals surface area contributed by atoms with E-state index in [1.165, 1.54) is 24.3 Å². The molecule has 3 aromatic rings. The highest BCUT2D eigenvalue weighted by molar-refractivity contribution is 5.83. The molecule has 0 N–H and O–H groups in total. The third kappa shape index (κ3) is 5.00. The molecule has 1 aliphatic heterocycles. The summed E-state index contributed by atoms with van der Waals surface area (Å²) in [4.78, 5) is 15.3. The van der Waals surface area contributed by atoms with E-state index in [-0.39, 0.29) is 29.3 Å². The number of hydrogen-bond donors (Lipinski definition) is 0. The minimum Gasteiger partial charge on any atom is -0.497 e. The number of ether oxygens (including phenoxy) is 1. The molecule has 1 fully saturated rings. The molecule has 0 bridgehead atoms. The van der Waals surface area contributed by atoms with E-state index in [1.54, 1.807) is 31.4 Å². The normalized spacial score (nSPS) is 17.2.